The Bertz CT molecular complexity index is 768. The van der Waals surface area contributed by atoms with Crippen molar-refractivity contribution < 1.29 is 14.3 Å². The summed E-state index contributed by atoms with van der Waals surface area (Å²) in [6.45, 7) is 7.75. The zero-order valence-corrected chi connectivity index (χ0v) is 15.3. The Balaban J connectivity index is 2.02. The van der Waals surface area contributed by atoms with E-state index in [2.05, 4.69) is 10.6 Å². The Labute approximate surface area is 146 Å². The van der Waals surface area contributed by atoms with Crippen molar-refractivity contribution in [3.63, 3.8) is 0 Å². The van der Waals surface area contributed by atoms with E-state index >= 15 is 0 Å². The molecule has 1 atom stereocenters. The zero-order valence-electron chi connectivity index (χ0n) is 14.5. The maximum absolute atomic E-state index is 12.1. The van der Waals surface area contributed by atoms with Crippen LogP contribution in [0.2, 0.25) is 0 Å². The van der Waals surface area contributed by atoms with E-state index in [1.165, 1.54) is 4.88 Å². The molecule has 0 saturated carbocycles. The third kappa shape index (κ3) is 4.14. The monoisotopic (exact) mass is 346 g/mol. The summed E-state index contributed by atoms with van der Waals surface area (Å²) in [6, 6.07) is 7.07. The quantitative estimate of drug-likeness (QED) is 0.833. The number of anilines is 1. The van der Waals surface area contributed by atoms with Gasteiger partial charge in [0.1, 0.15) is 5.75 Å². The van der Waals surface area contributed by atoms with Crippen molar-refractivity contribution in [2.75, 3.05) is 12.4 Å². The number of aryl methyl sites for hydroxylation is 3. The summed E-state index contributed by atoms with van der Waals surface area (Å²) in [7, 11) is 1.58. The van der Waals surface area contributed by atoms with Crippen LogP contribution in [0, 0.1) is 20.8 Å². The predicted octanol–water partition coefficient (Wildman–Crippen LogP) is 3.50. The maximum atomic E-state index is 12.1. The van der Waals surface area contributed by atoms with Crippen LogP contribution < -0.4 is 15.4 Å². The molecule has 2 N–H and O–H groups in total. The number of methoxy groups -OCH3 is 1. The van der Waals surface area contributed by atoms with Crippen LogP contribution in [-0.2, 0) is 9.59 Å². The van der Waals surface area contributed by atoms with Crippen molar-refractivity contribution in [2.45, 2.75) is 33.7 Å². The van der Waals surface area contributed by atoms with Gasteiger partial charge in [-0.15, -0.1) is 11.3 Å². The molecular weight excluding hydrogens is 324 g/mol. The molecule has 2 amide bonds. The summed E-state index contributed by atoms with van der Waals surface area (Å²) in [5, 5.41) is 5.38. The Morgan fingerprint density at radius 1 is 1.12 bits per heavy atom. The lowest BCUT2D eigenvalue weighted by Gasteiger charge is -2.14. The number of amides is 2. The third-order valence-electron chi connectivity index (χ3n) is 3.78. The minimum absolute atomic E-state index is 0.217. The number of ether oxygens (including phenoxy) is 1. The molecule has 0 fully saturated rings. The van der Waals surface area contributed by atoms with Gasteiger partial charge in [-0.2, -0.15) is 0 Å². The average molecular weight is 346 g/mol. The van der Waals surface area contributed by atoms with Gasteiger partial charge in [0.05, 0.1) is 13.2 Å². The minimum Gasteiger partial charge on any atom is -0.497 e. The van der Waals surface area contributed by atoms with Gasteiger partial charge in [0.15, 0.2) is 0 Å². The highest BCUT2D eigenvalue weighted by molar-refractivity contribution is 7.12. The van der Waals surface area contributed by atoms with Crippen molar-refractivity contribution in [3.05, 3.63) is 45.1 Å². The topological polar surface area (TPSA) is 67.4 Å². The average Bonchev–Trinajstić information content (AvgIpc) is 2.87. The largest absolute Gasteiger partial charge is 0.497 e. The van der Waals surface area contributed by atoms with Crippen LogP contribution in [0.25, 0.3) is 0 Å². The van der Waals surface area contributed by atoms with Gasteiger partial charge >= 0.3 is 11.8 Å². The number of nitrogens with one attached hydrogen (secondary N) is 2. The van der Waals surface area contributed by atoms with Crippen LogP contribution in [0.1, 0.15) is 33.8 Å². The Kier molecular flexibility index (Phi) is 5.62. The highest BCUT2D eigenvalue weighted by atomic mass is 32.1. The first-order chi connectivity index (χ1) is 11.3. The van der Waals surface area contributed by atoms with Crippen molar-refractivity contribution >= 4 is 28.8 Å². The zero-order chi connectivity index (χ0) is 17.9. The first-order valence-corrected chi connectivity index (χ1v) is 8.47. The number of rotatable bonds is 4. The summed E-state index contributed by atoms with van der Waals surface area (Å²) >= 11 is 1.68. The van der Waals surface area contributed by atoms with Crippen LogP contribution in [-0.4, -0.2) is 18.9 Å². The summed E-state index contributed by atoms with van der Waals surface area (Å²) in [5.41, 5.74) is 2.46. The number of carbonyl (C=O) groups excluding carboxylic acids is 2. The van der Waals surface area contributed by atoms with Crippen molar-refractivity contribution in [1.29, 1.82) is 0 Å². The minimum atomic E-state index is -0.681. The van der Waals surface area contributed by atoms with E-state index in [4.69, 9.17) is 4.74 Å². The summed E-state index contributed by atoms with van der Waals surface area (Å²) < 4.78 is 5.13. The van der Waals surface area contributed by atoms with Crippen LogP contribution in [0.3, 0.4) is 0 Å². The Hall–Kier alpha value is -2.34. The van der Waals surface area contributed by atoms with Crippen molar-refractivity contribution in [3.8, 4) is 5.75 Å². The predicted molar refractivity (Wildman–Crippen MR) is 96.7 cm³/mol. The number of hydrogen-bond donors (Lipinski definition) is 2. The normalized spacial score (nSPS) is 11.7. The lowest BCUT2D eigenvalue weighted by atomic mass is 10.1. The fraction of sp³-hybridized carbons (Fsp3) is 0.333. The van der Waals surface area contributed by atoms with E-state index in [0.717, 1.165) is 16.0 Å². The van der Waals surface area contributed by atoms with Gasteiger partial charge in [0, 0.05) is 15.4 Å². The molecule has 0 radical (unpaired) electrons. The second kappa shape index (κ2) is 7.49. The van der Waals surface area contributed by atoms with E-state index in [-0.39, 0.29) is 6.04 Å². The molecule has 24 heavy (non-hydrogen) atoms. The third-order valence-corrected chi connectivity index (χ3v) is 4.76. The van der Waals surface area contributed by atoms with Crippen LogP contribution in [0.5, 0.6) is 5.75 Å². The molecule has 0 spiro atoms. The van der Waals surface area contributed by atoms with Gasteiger partial charge in [0.25, 0.3) is 0 Å². The van der Waals surface area contributed by atoms with Gasteiger partial charge in [-0.1, -0.05) is 0 Å². The second-order valence-corrected chi connectivity index (χ2v) is 7.16. The molecule has 0 aliphatic carbocycles. The van der Waals surface area contributed by atoms with Gasteiger partial charge in [-0.3, -0.25) is 9.59 Å². The Morgan fingerprint density at radius 3 is 2.38 bits per heavy atom. The van der Waals surface area contributed by atoms with Crippen molar-refractivity contribution in [2.24, 2.45) is 0 Å². The van der Waals surface area contributed by atoms with E-state index in [1.807, 2.05) is 33.8 Å². The van der Waals surface area contributed by atoms with Crippen LogP contribution in [0.15, 0.2) is 24.3 Å². The highest BCUT2D eigenvalue weighted by Crippen LogP contribution is 2.26. The van der Waals surface area contributed by atoms with E-state index in [9.17, 15) is 9.59 Å². The highest BCUT2D eigenvalue weighted by Gasteiger charge is 2.19. The van der Waals surface area contributed by atoms with Gasteiger partial charge in [-0.05, 0) is 63.1 Å². The number of thiophene rings is 1. The van der Waals surface area contributed by atoms with Gasteiger partial charge in [0.2, 0.25) is 0 Å². The number of benzene rings is 1. The number of carbonyl (C=O) groups is 2. The molecule has 1 unspecified atom stereocenters. The standard InChI is InChI=1S/C18H22N2O3S/c1-10-8-14(23-5)6-7-16(10)20-18(22)17(21)19-12(3)15-9-11(2)24-13(15)4/h6-9,12H,1-5H3,(H,19,21)(H,20,22). The maximum Gasteiger partial charge on any atom is 0.313 e. The summed E-state index contributed by atoms with van der Waals surface area (Å²) in [4.78, 5) is 26.6. The van der Waals surface area contributed by atoms with Crippen LogP contribution in [0.4, 0.5) is 5.69 Å². The molecule has 6 heteroatoms. The van der Waals surface area contributed by atoms with E-state index in [1.54, 1.807) is 36.6 Å². The summed E-state index contributed by atoms with van der Waals surface area (Å²) in [6.07, 6.45) is 0. The molecule has 1 aromatic heterocycles. The van der Waals surface area contributed by atoms with Crippen LogP contribution >= 0.6 is 11.3 Å². The smallest absolute Gasteiger partial charge is 0.313 e. The SMILES string of the molecule is COc1ccc(NC(=O)C(=O)NC(C)c2cc(C)sc2C)c(C)c1. The first-order valence-electron chi connectivity index (χ1n) is 7.65. The molecule has 0 saturated heterocycles. The molecule has 1 aromatic carbocycles. The van der Waals surface area contributed by atoms with Gasteiger partial charge in [-0.25, -0.2) is 0 Å². The summed E-state index contributed by atoms with van der Waals surface area (Å²) in [5.74, 6) is -0.632. The van der Waals surface area contributed by atoms with Crippen molar-refractivity contribution in [1.82, 2.24) is 5.32 Å². The molecule has 0 aliphatic rings. The first kappa shape index (κ1) is 18.0. The molecule has 2 rings (SSSR count). The molecular formula is C18H22N2O3S. The van der Waals surface area contributed by atoms with Gasteiger partial charge < -0.3 is 15.4 Å². The molecule has 5 nitrogen and oxygen atoms in total. The lowest BCUT2D eigenvalue weighted by molar-refractivity contribution is -0.136. The second-order valence-electron chi connectivity index (χ2n) is 5.70. The van der Waals surface area contributed by atoms with E-state index in [0.29, 0.717) is 11.4 Å². The number of hydrogen-bond acceptors (Lipinski definition) is 4. The molecule has 2 aromatic rings. The molecule has 128 valence electrons. The fourth-order valence-electron chi connectivity index (χ4n) is 2.50. The molecule has 0 aliphatic heterocycles. The Morgan fingerprint density at radius 2 is 1.83 bits per heavy atom. The van der Waals surface area contributed by atoms with E-state index < -0.39 is 11.8 Å². The molecule has 1 heterocycles. The fourth-order valence-corrected chi connectivity index (χ4v) is 3.53. The lowest BCUT2D eigenvalue weighted by Crippen LogP contribution is -2.37. The molecule has 0 bridgehead atoms.